The van der Waals surface area contributed by atoms with Crippen LogP contribution in [0.2, 0.25) is 10.0 Å². The first-order valence-electron chi connectivity index (χ1n) is 6.62. The molecule has 6 heteroatoms. The van der Waals surface area contributed by atoms with Crippen molar-refractivity contribution in [1.29, 1.82) is 0 Å². The summed E-state index contributed by atoms with van der Waals surface area (Å²) in [6.45, 7) is 6.25. The molecule has 1 aliphatic heterocycles. The fraction of sp³-hybridized carbons (Fsp3) is 0.500. The Kier molecular flexibility index (Phi) is 5.52. The van der Waals surface area contributed by atoms with E-state index in [1.807, 2.05) is 4.90 Å². The van der Waals surface area contributed by atoms with Gasteiger partial charge < -0.3 is 9.64 Å². The molecule has 0 saturated carbocycles. The van der Waals surface area contributed by atoms with E-state index in [0.717, 1.165) is 32.7 Å². The van der Waals surface area contributed by atoms with Gasteiger partial charge in [-0.25, -0.2) is 0 Å². The van der Waals surface area contributed by atoms with Crippen molar-refractivity contribution in [3.05, 3.63) is 28.2 Å². The van der Waals surface area contributed by atoms with Gasteiger partial charge in [0.05, 0.1) is 10.0 Å². The van der Waals surface area contributed by atoms with E-state index in [9.17, 15) is 4.79 Å². The summed E-state index contributed by atoms with van der Waals surface area (Å²) < 4.78 is 5.66. The zero-order valence-corrected chi connectivity index (χ0v) is 13.0. The Balaban J connectivity index is 1.76. The predicted octanol–water partition coefficient (Wildman–Crippen LogP) is 2.54. The average molecular weight is 317 g/mol. The maximum absolute atomic E-state index is 11.2. The number of amides is 1. The molecule has 0 atom stereocenters. The van der Waals surface area contributed by atoms with Crippen molar-refractivity contribution in [3.8, 4) is 5.75 Å². The number of rotatable bonds is 4. The molecule has 4 nitrogen and oxygen atoms in total. The van der Waals surface area contributed by atoms with Gasteiger partial charge in [-0.3, -0.25) is 9.69 Å². The summed E-state index contributed by atoms with van der Waals surface area (Å²) in [5.74, 6) is 0.682. The maximum atomic E-state index is 11.2. The van der Waals surface area contributed by atoms with Crippen molar-refractivity contribution < 1.29 is 9.53 Å². The molecule has 2 rings (SSSR count). The molecule has 1 saturated heterocycles. The summed E-state index contributed by atoms with van der Waals surface area (Å²) in [4.78, 5) is 15.4. The van der Waals surface area contributed by atoms with Crippen LogP contribution >= 0.6 is 23.2 Å². The highest BCUT2D eigenvalue weighted by molar-refractivity contribution is 6.37. The van der Waals surface area contributed by atoms with Gasteiger partial charge in [0.2, 0.25) is 5.91 Å². The van der Waals surface area contributed by atoms with E-state index in [4.69, 9.17) is 27.9 Å². The smallest absolute Gasteiger partial charge is 0.219 e. The number of para-hydroxylation sites is 1. The Labute approximate surface area is 129 Å². The Morgan fingerprint density at radius 2 is 1.80 bits per heavy atom. The van der Waals surface area contributed by atoms with E-state index in [2.05, 4.69) is 4.90 Å². The molecule has 1 heterocycles. The predicted molar refractivity (Wildman–Crippen MR) is 80.7 cm³/mol. The van der Waals surface area contributed by atoms with Gasteiger partial charge in [0.25, 0.3) is 0 Å². The second kappa shape index (κ2) is 7.16. The summed E-state index contributed by atoms with van der Waals surface area (Å²) in [5, 5.41) is 1.05. The highest BCUT2D eigenvalue weighted by Gasteiger charge is 2.18. The van der Waals surface area contributed by atoms with Crippen LogP contribution in [-0.2, 0) is 4.79 Å². The van der Waals surface area contributed by atoms with Crippen LogP contribution in [0.15, 0.2) is 18.2 Å². The third-order valence-electron chi connectivity index (χ3n) is 3.39. The third kappa shape index (κ3) is 4.01. The minimum atomic E-state index is 0.142. The number of carbonyl (C=O) groups is 1. The Morgan fingerprint density at radius 1 is 1.20 bits per heavy atom. The van der Waals surface area contributed by atoms with Crippen LogP contribution in [0, 0.1) is 0 Å². The molecule has 1 aromatic carbocycles. The molecule has 0 bridgehead atoms. The van der Waals surface area contributed by atoms with Gasteiger partial charge in [-0.1, -0.05) is 29.3 Å². The normalized spacial score (nSPS) is 16.2. The lowest BCUT2D eigenvalue weighted by Gasteiger charge is -2.34. The summed E-state index contributed by atoms with van der Waals surface area (Å²) in [6.07, 6.45) is 0. The number of nitrogens with zero attached hydrogens (tertiary/aromatic N) is 2. The van der Waals surface area contributed by atoms with Crippen LogP contribution < -0.4 is 4.74 Å². The number of hydrogen-bond acceptors (Lipinski definition) is 3. The first-order valence-corrected chi connectivity index (χ1v) is 7.38. The molecule has 0 unspecified atom stereocenters. The number of carbonyl (C=O) groups excluding carboxylic acids is 1. The highest BCUT2D eigenvalue weighted by atomic mass is 35.5. The van der Waals surface area contributed by atoms with Gasteiger partial charge >= 0.3 is 0 Å². The summed E-state index contributed by atoms with van der Waals surface area (Å²) in [5.41, 5.74) is 0. The van der Waals surface area contributed by atoms with Crippen molar-refractivity contribution in [1.82, 2.24) is 9.80 Å². The van der Waals surface area contributed by atoms with Crippen molar-refractivity contribution in [2.45, 2.75) is 6.92 Å². The topological polar surface area (TPSA) is 32.8 Å². The third-order valence-corrected chi connectivity index (χ3v) is 3.99. The van der Waals surface area contributed by atoms with Crippen molar-refractivity contribution in [3.63, 3.8) is 0 Å². The van der Waals surface area contributed by atoms with Crippen LogP contribution in [0.25, 0.3) is 0 Å². The summed E-state index contributed by atoms with van der Waals surface area (Å²) in [7, 11) is 0. The summed E-state index contributed by atoms with van der Waals surface area (Å²) >= 11 is 12.1. The lowest BCUT2D eigenvalue weighted by atomic mass is 10.3. The van der Waals surface area contributed by atoms with Gasteiger partial charge in [0, 0.05) is 39.6 Å². The van der Waals surface area contributed by atoms with Crippen molar-refractivity contribution in [2.75, 3.05) is 39.3 Å². The van der Waals surface area contributed by atoms with Gasteiger partial charge in [-0.15, -0.1) is 0 Å². The molecule has 1 aliphatic rings. The highest BCUT2D eigenvalue weighted by Crippen LogP contribution is 2.32. The summed E-state index contributed by atoms with van der Waals surface area (Å²) in [6, 6.07) is 5.31. The van der Waals surface area contributed by atoms with Crippen LogP contribution in [-0.4, -0.2) is 55.0 Å². The number of benzene rings is 1. The number of hydrogen-bond donors (Lipinski definition) is 0. The van der Waals surface area contributed by atoms with E-state index in [0.29, 0.717) is 22.4 Å². The Morgan fingerprint density at radius 3 is 2.35 bits per heavy atom. The molecular formula is C14H18Cl2N2O2. The number of halogens is 2. The van der Waals surface area contributed by atoms with Crippen LogP contribution in [0.5, 0.6) is 5.75 Å². The van der Waals surface area contributed by atoms with Gasteiger partial charge in [0.1, 0.15) is 6.61 Å². The molecule has 1 amide bonds. The van der Waals surface area contributed by atoms with E-state index in [1.54, 1.807) is 25.1 Å². The van der Waals surface area contributed by atoms with Gasteiger partial charge in [0.15, 0.2) is 5.75 Å². The fourth-order valence-corrected chi connectivity index (χ4v) is 2.69. The van der Waals surface area contributed by atoms with Crippen molar-refractivity contribution in [2.24, 2.45) is 0 Å². The van der Waals surface area contributed by atoms with Crippen LogP contribution in [0.3, 0.4) is 0 Å². The lowest BCUT2D eigenvalue weighted by Crippen LogP contribution is -2.48. The number of ether oxygens (including phenoxy) is 1. The van der Waals surface area contributed by atoms with E-state index < -0.39 is 0 Å². The standard InChI is InChI=1S/C14H18Cl2N2O2/c1-11(19)18-7-5-17(6-8-18)9-10-20-14-12(15)3-2-4-13(14)16/h2-4H,5-10H2,1H3. The molecule has 0 spiro atoms. The van der Waals surface area contributed by atoms with Crippen molar-refractivity contribution >= 4 is 29.1 Å². The molecule has 110 valence electrons. The second-order valence-electron chi connectivity index (χ2n) is 4.75. The SMILES string of the molecule is CC(=O)N1CCN(CCOc2c(Cl)cccc2Cl)CC1. The largest absolute Gasteiger partial charge is 0.489 e. The number of piperazine rings is 1. The minimum absolute atomic E-state index is 0.142. The molecule has 0 aliphatic carbocycles. The first-order chi connectivity index (χ1) is 9.58. The molecule has 0 radical (unpaired) electrons. The average Bonchev–Trinajstić information content (AvgIpc) is 2.42. The monoisotopic (exact) mass is 316 g/mol. The zero-order chi connectivity index (χ0) is 14.5. The van der Waals surface area contributed by atoms with E-state index in [-0.39, 0.29) is 5.91 Å². The maximum Gasteiger partial charge on any atom is 0.219 e. The van der Waals surface area contributed by atoms with Crippen LogP contribution in [0.1, 0.15) is 6.92 Å². The van der Waals surface area contributed by atoms with Gasteiger partial charge in [-0.2, -0.15) is 0 Å². The van der Waals surface area contributed by atoms with E-state index in [1.165, 1.54) is 0 Å². The van der Waals surface area contributed by atoms with Crippen LogP contribution in [0.4, 0.5) is 0 Å². The molecule has 1 fully saturated rings. The Bertz CT molecular complexity index is 454. The Hall–Kier alpha value is -0.970. The first kappa shape index (κ1) is 15.4. The molecular weight excluding hydrogens is 299 g/mol. The minimum Gasteiger partial charge on any atom is -0.489 e. The quantitative estimate of drug-likeness (QED) is 0.855. The van der Waals surface area contributed by atoms with E-state index >= 15 is 0 Å². The molecule has 20 heavy (non-hydrogen) atoms. The second-order valence-corrected chi connectivity index (χ2v) is 5.56. The lowest BCUT2D eigenvalue weighted by molar-refractivity contribution is -0.130. The fourth-order valence-electron chi connectivity index (χ4n) is 2.18. The van der Waals surface area contributed by atoms with Gasteiger partial charge in [-0.05, 0) is 12.1 Å². The zero-order valence-electron chi connectivity index (χ0n) is 11.4. The molecule has 0 aromatic heterocycles. The molecule has 1 aromatic rings. The molecule has 0 N–H and O–H groups in total.